The van der Waals surface area contributed by atoms with E-state index in [1.54, 1.807) is 6.08 Å². The van der Waals surface area contributed by atoms with Crippen LogP contribution in [0.1, 0.15) is 11.6 Å². The molecule has 7 heteroatoms. The molecule has 1 aromatic carbocycles. The van der Waals surface area contributed by atoms with Gasteiger partial charge in [-0.1, -0.05) is 12.1 Å². The molecule has 1 fully saturated rings. The molecule has 0 saturated carbocycles. The molecule has 1 aromatic rings. The second-order valence-electron chi connectivity index (χ2n) is 4.70. The van der Waals surface area contributed by atoms with E-state index in [1.807, 2.05) is 0 Å². The van der Waals surface area contributed by atoms with Crippen LogP contribution in [0.2, 0.25) is 0 Å². The van der Waals surface area contributed by atoms with E-state index in [-0.39, 0.29) is 6.04 Å². The summed E-state index contributed by atoms with van der Waals surface area (Å²) in [5, 5.41) is 3.20. The summed E-state index contributed by atoms with van der Waals surface area (Å²) in [6.45, 7) is 6.87. The Labute approximate surface area is 120 Å². The van der Waals surface area contributed by atoms with Crippen molar-refractivity contribution < 1.29 is 22.3 Å². The Balaban J connectivity index is 2.19. The zero-order chi connectivity index (χ0) is 15.5. The predicted molar refractivity (Wildman–Crippen MR) is 70.5 cm³/mol. The molecule has 0 aromatic heterocycles. The highest BCUT2D eigenvalue weighted by molar-refractivity contribution is 5.33. The normalized spacial score (nSPS) is 18.3. The van der Waals surface area contributed by atoms with Gasteiger partial charge in [-0.3, -0.25) is 4.90 Å². The topological polar surface area (TPSA) is 24.5 Å². The molecule has 1 heterocycles. The highest BCUT2D eigenvalue weighted by Crippen LogP contribution is 2.30. The van der Waals surface area contributed by atoms with E-state index in [0.717, 1.165) is 38.3 Å². The molecule has 3 nitrogen and oxygen atoms in total. The quantitative estimate of drug-likeness (QED) is 0.684. The first-order chi connectivity index (χ1) is 9.90. The lowest BCUT2D eigenvalue weighted by atomic mass is 10.0. The Morgan fingerprint density at radius 3 is 2.48 bits per heavy atom. The fourth-order valence-corrected chi connectivity index (χ4v) is 2.36. The number of piperazine rings is 1. The van der Waals surface area contributed by atoms with E-state index >= 15 is 0 Å². The van der Waals surface area contributed by atoms with Gasteiger partial charge in [-0.2, -0.15) is 0 Å². The SMILES string of the molecule is C=C[C@H](c1ccc(OC(F)(F)F)c(F)c1)N1CCNCC1. The van der Waals surface area contributed by atoms with E-state index in [1.165, 1.54) is 6.07 Å². The van der Waals surface area contributed by atoms with Crippen LogP contribution in [0.5, 0.6) is 5.75 Å². The Morgan fingerprint density at radius 1 is 1.29 bits per heavy atom. The summed E-state index contributed by atoms with van der Waals surface area (Å²) in [4.78, 5) is 2.09. The molecule has 1 N–H and O–H groups in total. The van der Waals surface area contributed by atoms with Gasteiger partial charge in [-0.25, -0.2) is 4.39 Å². The lowest BCUT2D eigenvalue weighted by molar-refractivity contribution is -0.275. The summed E-state index contributed by atoms with van der Waals surface area (Å²) in [5.74, 6) is -1.86. The summed E-state index contributed by atoms with van der Waals surface area (Å²) in [7, 11) is 0. The number of nitrogens with zero attached hydrogens (tertiary/aromatic N) is 1. The van der Waals surface area contributed by atoms with Gasteiger partial charge in [0.15, 0.2) is 11.6 Å². The van der Waals surface area contributed by atoms with Crippen LogP contribution in [0.4, 0.5) is 17.6 Å². The second kappa shape index (κ2) is 6.44. The molecule has 0 unspecified atom stereocenters. The van der Waals surface area contributed by atoms with Crippen LogP contribution in [-0.4, -0.2) is 37.4 Å². The number of alkyl halides is 3. The minimum Gasteiger partial charge on any atom is -0.403 e. The van der Waals surface area contributed by atoms with Gasteiger partial charge in [-0.05, 0) is 17.7 Å². The molecule has 0 spiro atoms. The van der Waals surface area contributed by atoms with Crippen LogP contribution in [0, 0.1) is 5.82 Å². The largest absolute Gasteiger partial charge is 0.573 e. The van der Waals surface area contributed by atoms with Crippen molar-refractivity contribution in [2.45, 2.75) is 12.4 Å². The van der Waals surface area contributed by atoms with E-state index in [0.29, 0.717) is 5.56 Å². The van der Waals surface area contributed by atoms with Crippen molar-refractivity contribution in [1.29, 1.82) is 0 Å². The van der Waals surface area contributed by atoms with Crippen LogP contribution < -0.4 is 10.1 Å². The number of hydrogen-bond donors (Lipinski definition) is 1. The lowest BCUT2D eigenvalue weighted by Gasteiger charge is -2.33. The molecule has 0 amide bonds. The average molecular weight is 304 g/mol. The smallest absolute Gasteiger partial charge is 0.403 e. The van der Waals surface area contributed by atoms with E-state index in [9.17, 15) is 17.6 Å². The molecule has 0 bridgehead atoms. The Bertz CT molecular complexity index is 498. The van der Waals surface area contributed by atoms with E-state index in [2.05, 4.69) is 21.5 Å². The number of hydrogen-bond acceptors (Lipinski definition) is 3. The highest BCUT2D eigenvalue weighted by atomic mass is 19.4. The van der Waals surface area contributed by atoms with Crippen LogP contribution >= 0.6 is 0 Å². The van der Waals surface area contributed by atoms with Crippen LogP contribution in [0.25, 0.3) is 0 Å². The summed E-state index contributed by atoms with van der Waals surface area (Å²) in [6, 6.07) is 3.26. The van der Waals surface area contributed by atoms with E-state index in [4.69, 9.17) is 0 Å². The number of halogens is 4. The first kappa shape index (κ1) is 15.8. The maximum atomic E-state index is 13.8. The summed E-state index contributed by atoms with van der Waals surface area (Å²) in [5.41, 5.74) is 0.555. The molecule has 21 heavy (non-hydrogen) atoms. The molecular formula is C14H16F4N2O. The van der Waals surface area contributed by atoms with Crippen LogP contribution in [0.15, 0.2) is 30.9 Å². The molecule has 1 aliphatic rings. The molecular weight excluding hydrogens is 288 g/mol. The molecule has 0 aliphatic carbocycles. The molecule has 1 aliphatic heterocycles. The van der Waals surface area contributed by atoms with Gasteiger partial charge in [0, 0.05) is 26.2 Å². The zero-order valence-corrected chi connectivity index (χ0v) is 11.3. The average Bonchev–Trinajstić information content (AvgIpc) is 2.42. The molecule has 1 saturated heterocycles. The second-order valence-corrected chi connectivity index (χ2v) is 4.70. The third-order valence-corrected chi connectivity index (χ3v) is 3.29. The maximum absolute atomic E-state index is 13.8. The predicted octanol–water partition coefficient (Wildman–Crippen LogP) is 2.86. The van der Waals surface area contributed by atoms with Crippen molar-refractivity contribution >= 4 is 0 Å². The minimum absolute atomic E-state index is 0.235. The van der Waals surface area contributed by atoms with Gasteiger partial charge in [0.05, 0.1) is 6.04 Å². The highest BCUT2D eigenvalue weighted by Gasteiger charge is 2.32. The van der Waals surface area contributed by atoms with E-state index < -0.39 is 17.9 Å². The summed E-state index contributed by atoms with van der Waals surface area (Å²) < 4.78 is 53.7. The minimum atomic E-state index is -4.90. The van der Waals surface area contributed by atoms with Gasteiger partial charge in [-0.15, -0.1) is 19.8 Å². The van der Waals surface area contributed by atoms with Gasteiger partial charge in [0.2, 0.25) is 0 Å². The Kier molecular flexibility index (Phi) is 4.84. The third-order valence-electron chi connectivity index (χ3n) is 3.29. The maximum Gasteiger partial charge on any atom is 0.573 e. The first-order valence-electron chi connectivity index (χ1n) is 6.53. The van der Waals surface area contributed by atoms with Gasteiger partial charge in [0.1, 0.15) is 0 Å². The molecule has 116 valence electrons. The summed E-state index contributed by atoms with van der Waals surface area (Å²) in [6.07, 6.45) is -3.25. The van der Waals surface area contributed by atoms with Crippen LogP contribution in [0.3, 0.4) is 0 Å². The molecule has 1 atom stereocenters. The number of nitrogens with one attached hydrogen (secondary N) is 1. The molecule has 2 rings (SSSR count). The summed E-state index contributed by atoms with van der Waals surface area (Å²) >= 11 is 0. The van der Waals surface area contributed by atoms with Crippen molar-refractivity contribution in [3.63, 3.8) is 0 Å². The van der Waals surface area contributed by atoms with Gasteiger partial charge < -0.3 is 10.1 Å². The molecule has 0 radical (unpaired) electrons. The van der Waals surface area contributed by atoms with Crippen molar-refractivity contribution in [2.24, 2.45) is 0 Å². The van der Waals surface area contributed by atoms with Crippen molar-refractivity contribution in [2.75, 3.05) is 26.2 Å². The van der Waals surface area contributed by atoms with Gasteiger partial charge >= 0.3 is 6.36 Å². The van der Waals surface area contributed by atoms with Crippen molar-refractivity contribution in [3.05, 3.63) is 42.2 Å². The van der Waals surface area contributed by atoms with Crippen LogP contribution in [-0.2, 0) is 0 Å². The number of benzene rings is 1. The number of ether oxygens (including phenoxy) is 1. The third kappa shape index (κ3) is 4.18. The van der Waals surface area contributed by atoms with Crippen molar-refractivity contribution in [3.8, 4) is 5.75 Å². The zero-order valence-electron chi connectivity index (χ0n) is 11.3. The fraction of sp³-hybridized carbons (Fsp3) is 0.429. The lowest BCUT2D eigenvalue weighted by Crippen LogP contribution is -2.44. The van der Waals surface area contributed by atoms with Crippen molar-refractivity contribution in [1.82, 2.24) is 10.2 Å². The fourth-order valence-electron chi connectivity index (χ4n) is 2.36. The number of rotatable bonds is 4. The monoisotopic (exact) mass is 304 g/mol. The standard InChI is InChI=1S/C14H16F4N2O/c1-2-12(20-7-5-19-6-8-20)10-3-4-13(11(15)9-10)21-14(16,17)18/h2-4,9,12,19H,1,5-8H2/t12-/m1/s1. The Morgan fingerprint density at radius 2 is 1.95 bits per heavy atom. The first-order valence-corrected chi connectivity index (χ1v) is 6.53. The Hall–Kier alpha value is -1.60. The van der Waals surface area contributed by atoms with Gasteiger partial charge in [0.25, 0.3) is 0 Å².